The molecule has 0 amide bonds. The average Bonchev–Trinajstić information content (AvgIpc) is 3.24. The Morgan fingerprint density at radius 1 is 1.04 bits per heavy atom. The van der Waals surface area contributed by atoms with Gasteiger partial charge in [0, 0.05) is 0 Å². The largest absolute Gasteiger partial charge is 0.468 e. The Bertz CT molecular complexity index is 1040. The van der Waals surface area contributed by atoms with Gasteiger partial charge >= 0.3 is 5.97 Å². The van der Waals surface area contributed by atoms with Crippen LogP contribution in [0.4, 0.5) is 0 Å². The quantitative estimate of drug-likeness (QED) is 0.587. The number of esters is 1. The summed E-state index contributed by atoms with van der Waals surface area (Å²) >= 11 is 0. The summed E-state index contributed by atoms with van der Waals surface area (Å²) in [6.07, 6.45) is 5.03. The number of sulfonamides is 1. The van der Waals surface area contributed by atoms with Gasteiger partial charge in [-0.3, -0.25) is 0 Å². The fourth-order valence-corrected chi connectivity index (χ4v) is 3.45. The van der Waals surface area contributed by atoms with Crippen molar-refractivity contribution in [3.8, 4) is 0 Å². The van der Waals surface area contributed by atoms with E-state index in [4.69, 9.17) is 9.15 Å². The molecule has 6 nitrogen and oxygen atoms in total. The molecular formula is C21H19NO5S. The molecule has 0 atom stereocenters. The molecule has 1 N–H and O–H groups in total. The van der Waals surface area contributed by atoms with E-state index >= 15 is 0 Å². The standard InChI is InChI=1S/C21H19NO5S/c23-21(27-14-5-9-17-7-2-1-3-8-17)18-10-4-12-20(15-18)28(24,25)22-16-19-11-6-13-26-19/h1-13,15,22H,14,16H2/b9-5+. The van der Waals surface area contributed by atoms with Crippen LogP contribution in [-0.2, 0) is 21.3 Å². The van der Waals surface area contributed by atoms with E-state index in [1.165, 1.54) is 30.5 Å². The number of hydrogen-bond donors (Lipinski definition) is 1. The van der Waals surface area contributed by atoms with Crippen LogP contribution in [0.1, 0.15) is 21.7 Å². The summed E-state index contributed by atoms with van der Waals surface area (Å²) in [5, 5.41) is 0. The molecule has 0 unspecified atom stereocenters. The predicted octanol–water partition coefficient (Wildman–Crippen LogP) is 3.63. The zero-order valence-corrected chi connectivity index (χ0v) is 15.8. The Balaban J connectivity index is 1.60. The number of carbonyl (C=O) groups excluding carboxylic acids is 1. The van der Waals surface area contributed by atoms with E-state index in [0.29, 0.717) is 5.76 Å². The van der Waals surface area contributed by atoms with Gasteiger partial charge in [0.25, 0.3) is 0 Å². The summed E-state index contributed by atoms with van der Waals surface area (Å²) in [5.74, 6) is -0.106. The van der Waals surface area contributed by atoms with Gasteiger partial charge in [0.05, 0.1) is 23.3 Å². The highest BCUT2D eigenvalue weighted by atomic mass is 32.2. The first-order valence-corrected chi connectivity index (χ1v) is 10.0. The normalized spacial score (nSPS) is 11.6. The third-order valence-electron chi connectivity index (χ3n) is 3.82. The minimum absolute atomic E-state index is 0.0201. The zero-order valence-electron chi connectivity index (χ0n) is 14.9. The van der Waals surface area contributed by atoms with Crippen molar-refractivity contribution in [2.24, 2.45) is 0 Å². The van der Waals surface area contributed by atoms with Crippen molar-refractivity contribution in [3.63, 3.8) is 0 Å². The maximum atomic E-state index is 12.4. The Morgan fingerprint density at radius 3 is 2.61 bits per heavy atom. The third kappa shape index (κ3) is 5.42. The SMILES string of the molecule is O=C(OC/C=C/c1ccccc1)c1cccc(S(=O)(=O)NCc2ccco2)c1. The smallest absolute Gasteiger partial charge is 0.338 e. The molecule has 0 saturated carbocycles. The first kappa shape index (κ1) is 19.6. The minimum Gasteiger partial charge on any atom is -0.468 e. The zero-order chi connectivity index (χ0) is 19.8. The van der Waals surface area contributed by atoms with Gasteiger partial charge in [0.2, 0.25) is 10.0 Å². The second-order valence-electron chi connectivity index (χ2n) is 5.84. The van der Waals surface area contributed by atoms with Crippen LogP contribution in [0.5, 0.6) is 0 Å². The van der Waals surface area contributed by atoms with Gasteiger partial charge in [-0.1, -0.05) is 42.5 Å². The first-order chi connectivity index (χ1) is 13.5. The highest BCUT2D eigenvalue weighted by Gasteiger charge is 2.17. The van der Waals surface area contributed by atoms with Gasteiger partial charge in [-0.05, 0) is 42.0 Å². The van der Waals surface area contributed by atoms with Crippen molar-refractivity contribution in [2.75, 3.05) is 6.61 Å². The van der Waals surface area contributed by atoms with E-state index < -0.39 is 16.0 Å². The van der Waals surface area contributed by atoms with Crippen LogP contribution in [0.2, 0.25) is 0 Å². The number of furan rings is 1. The molecule has 2 aromatic carbocycles. The van der Waals surface area contributed by atoms with Crippen LogP contribution < -0.4 is 4.72 Å². The monoisotopic (exact) mass is 397 g/mol. The molecule has 0 bridgehead atoms. The molecule has 0 aliphatic heterocycles. The van der Waals surface area contributed by atoms with E-state index in [2.05, 4.69) is 4.72 Å². The van der Waals surface area contributed by atoms with Crippen molar-refractivity contribution in [1.82, 2.24) is 4.72 Å². The van der Waals surface area contributed by atoms with E-state index in [0.717, 1.165) is 5.56 Å². The molecule has 1 heterocycles. The molecule has 0 aliphatic rings. The van der Waals surface area contributed by atoms with E-state index in [9.17, 15) is 13.2 Å². The minimum atomic E-state index is -3.79. The average molecular weight is 397 g/mol. The van der Waals surface area contributed by atoms with E-state index in [-0.39, 0.29) is 23.6 Å². The van der Waals surface area contributed by atoms with Crippen LogP contribution in [0.15, 0.2) is 88.4 Å². The van der Waals surface area contributed by atoms with Crippen LogP contribution in [0.25, 0.3) is 6.08 Å². The maximum absolute atomic E-state index is 12.4. The Kier molecular flexibility index (Phi) is 6.41. The molecule has 3 aromatic rings. The lowest BCUT2D eigenvalue weighted by molar-refractivity contribution is 0.0550. The predicted molar refractivity (Wildman–Crippen MR) is 105 cm³/mol. The van der Waals surface area contributed by atoms with Crippen molar-refractivity contribution < 1.29 is 22.4 Å². The topological polar surface area (TPSA) is 85.6 Å². The summed E-state index contributed by atoms with van der Waals surface area (Å²) in [7, 11) is -3.79. The molecule has 0 spiro atoms. The molecule has 7 heteroatoms. The fraction of sp³-hybridized carbons (Fsp3) is 0.0952. The molecule has 0 aliphatic carbocycles. The molecule has 3 rings (SSSR count). The Morgan fingerprint density at radius 2 is 1.86 bits per heavy atom. The number of hydrogen-bond acceptors (Lipinski definition) is 5. The molecule has 0 fully saturated rings. The van der Waals surface area contributed by atoms with Crippen LogP contribution >= 0.6 is 0 Å². The highest BCUT2D eigenvalue weighted by Crippen LogP contribution is 2.13. The summed E-state index contributed by atoms with van der Waals surface area (Å²) in [6.45, 7) is 0.107. The molecule has 0 saturated heterocycles. The number of carbonyl (C=O) groups is 1. The molecule has 28 heavy (non-hydrogen) atoms. The number of benzene rings is 2. The van der Waals surface area contributed by atoms with E-state index in [1.807, 2.05) is 36.4 Å². The van der Waals surface area contributed by atoms with Crippen LogP contribution in [0.3, 0.4) is 0 Å². The Hall–Kier alpha value is -3.16. The Labute approximate surface area is 163 Å². The second-order valence-corrected chi connectivity index (χ2v) is 7.61. The number of ether oxygens (including phenoxy) is 1. The summed E-state index contributed by atoms with van der Waals surface area (Å²) in [6, 6.07) is 18.7. The van der Waals surface area contributed by atoms with Gasteiger partial charge < -0.3 is 9.15 Å². The maximum Gasteiger partial charge on any atom is 0.338 e. The second kappa shape index (κ2) is 9.16. The van der Waals surface area contributed by atoms with Gasteiger partial charge in [-0.2, -0.15) is 0 Å². The van der Waals surface area contributed by atoms with Gasteiger partial charge in [0.1, 0.15) is 12.4 Å². The van der Waals surface area contributed by atoms with Gasteiger partial charge in [-0.25, -0.2) is 17.9 Å². The molecule has 144 valence electrons. The van der Waals surface area contributed by atoms with Crippen molar-refractivity contribution >= 4 is 22.1 Å². The van der Waals surface area contributed by atoms with Gasteiger partial charge in [-0.15, -0.1) is 0 Å². The van der Waals surface area contributed by atoms with Crippen molar-refractivity contribution in [1.29, 1.82) is 0 Å². The summed E-state index contributed by atoms with van der Waals surface area (Å²) in [5.41, 5.74) is 1.16. The molecule has 0 radical (unpaired) electrons. The lowest BCUT2D eigenvalue weighted by Gasteiger charge is -2.07. The summed E-state index contributed by atoms with van der Waals surface area (Å²) < 4.78 is 37.5. The van der Waals surface area contributed by atoms with Crippen molar-refractivity contribution in [3.05, 3.63) is 96.0 Å². The van der Waals surface area contributed by atoms with E-state index in [1.54, 1.807) is 18.2 Å². The van der Waals surface area contributed by atoms with Crippen LogP contribution in [0, 0.1) is 0 Å². The van der Waals surface area contributed by atoms with Crippen LogP contribution in [-0.4, -0.2) is 21.0 Å². The lowest BCUT2D eigenvalue weighted by atomic mass is 10.2. The molecule has 1 aromatic heterocycles. The van der Waals surface area contributed by atoms with Crippen molar-refractivity contribution in [2.45, 2.75) is 11.4 Å². The first-order valence-electron chi connectivity index (χ1n) is 8.55. The number of rotatable bonds is 8. The third-order valence-corrected chi connectivity index (χ3v) is 5.22. The lowest BCUT2D eigenvalue weighted by Crippen LogP contribution is -2.23. The number of nitrogens with one attached hydrogen (secondary N) is 1. The fourth-order valence-electron chi connectivity index (χ4n) is 2.41. The summed E-state index contributed by atoms with van der Waals surface area (Å²) in [4.78, 5) is 12.2. The van der Waals surface area contributed by atoms with Gasteiger partial charge in [0.15, 0.2) is 0 Å². The molecular weight excluding hydrogens is 378 g/mol. The highest BCUT2D eigenvalue weighted by molar-refractivity contribution is 7.89.